The van der Waals surface area contributed by atoms with Crippen molar-refractivity contribution in [2.45, 2.75) is 12.1 Å². The first kappa shape index (κ1) is 25.5. The lowest BCUT2D eigenvalue weighted by Gasteiger charge is -2.29. The van der Waals surface area contributed by atoms with Gasteiger partial charge in [0, 0.05) is 35.5 Å². The minimum absolute atomic E-state index is 0.164. The van der Waals surface area contributed by atoms with Gasteiger partial charge >= 0.3 is 0 Å². The van der Waals surface area contributed by atoms with Gasteiger partial charge in [-0.3, -0.25) is 4.98 Å². The number of thiocarbonyl (C=S) groups is 1. The standard InChI is InChI=1S/C32H28N4O3S/c1-37-24-15-17-26(18-16-24)39-25-13-11-22(12-14-25)36-31(30(34-32(36)40)28-9-3-4-19-33-28)29-10-6-20-35(29)23-7-5-8-27(21-23)38-2/h3-21,30-31H,1-2H3,(H,34,40)/t30-,31-/m1/s1. The fourth-order valence-corrected chi connectivity index (χ4v) is 5.36. The summed E-state index contributed by atoms with van der Waals surface area (Å²) in [7, 11) is 3.32. The molecule has 7 nitrogen and oxygen atoms in total. The van der Waals surface area contributed by atoms with E-state index in [1.54, 1.807) is 14.2 Å². The number of methoxy groups -OCH3 is 2. The number of aromatic nitrogens is 2. The molecule has 3 heterocycles. The van der Waals surface area contributed by atoms with Gasteiger partial charge in [-0.1, -0.05) is 12.1 Å². The van der Waals surface area contributed by atoms with Crippen molar-refractivity contribution in [2.75, 3.05) is 19.1 Å². The first-order chi connectivity index (χ1) is 19.6. The van der Waals surface area contributed by atoms with Crippen LogP contribution in [0.2, 0.25) is 0 Å². The summed E-state index contributed by atoms with van der Waals surface area (Å²) >= 11 is 5.93. The third-order valence-corrected chi connectivity index (χ3v) is 7.24. The maximum Gasteiger partial charge on any atom is 0.174 e. The molecular formula is C32H28N4O3S. The minimum Gasteiger partial charge on any atom is -0.497 e. The number of hydrogen-bond donors (Lipinski definition) is 1. The van der Waals surface area contributed by atoms with Gasteiger partial charge in [-0.25, -0.2) is 0 Å². The zero-order valence-electron chi connectivity index (χ0n) is 22.1. The van der Waals surface area contributed by atoms with Gasteiger partial charge in [0.15, 0.2) is 5.11 Å². The molecule has 0 saturated carbocycles. The average molecular weight is 549 g/mol. The van der Waals surface area contributed by atoms with Crippen molar-refractivity contribution in [3.05, 3.63) is 127 Å². The maximum absolute atomic E-state index is 6.06. The first-order valence-electron chi connectivity index (χ1n) is 12.9. The Labute approximate surface area is 238 Å². The predicted octanol–water partition coefficient (Wildman–Crippen LogP) is 6.86. The van der Waals surface area contributed by atoms with E-state index >= 15 is 0 Å². The summed E-state index contributed by atoms with van der Waals surface area (Å²) < 4.78 is 19.0. The molecule has 1 saturated heterocycles. The normalized spacial score (nSPS) is 16.4. The number of ether oxygens (including phenoxy) is 3. The summed E-state index contributed by atoms with van der Waals surface area (Å²) in [6.45, 7) is 0. The molecule has 2 aromatic heterocycles. The van der Waals surface area contributed by atoms with Crippen LogP contribution >= 0.6 is 12.2 Å². The Morgan fingerprint density at radius 2 is 1.45 bits per heavy atom. The van der Waals surface area contributed by atoms with E-state index in [0.717, 1.165) is 45.8 Å². The van der Waals surface area contributed by atoms with Gasteiger partial charge in [0.25, 0.3) is 0 Å². The summed E-state index contributed by atoms with van der Waals surface area (Å²) in [4.78, 5) is 6.83. The third-order valence-electron chi connectivity index (χ3n) is 6.92. The Balaban J connectivity index is 1.37. The van der Waals surface area contributed by atoms with Gasteiger partial charge < -0.3 is 29.0 Å². The highest BCUT2D eigenvalue weighted by Gasteiger charge is 2.42. The lowest BCUT2D eigenvalue weighted by molar-refractivity contribution is 0.413. The number of hydrogen-bond acceptors (Lipinski definition) is 5. The van der Waals surface area contributed by atoms with E-state index in [4.69, 9.17) is 26.4 Å². The Morgan fingerprint density at radius 3 is 2.15 bits per heavy atom. The molecule has 1 N–H and O–H groups in total. The van der Waals surface area contributed by atoms with Gasteiger partial charge in [-0.05, 0) is 97.1 Å². The zero-order chi connectivity index (χ0) is 27.5. The molecule has 8 heteroatoms. The summed E-state index contributed by atoms with van der Waals surface area (Å²) in [6.07, 6.45) is 3.87. The average Bonchev–Trinajstić information content (AvgIpc) is 3.63. The van der Waals surface area contributed by atoms with Crippen LogP contribution in [0.25, 0.3) is 5.69 Å². The van der Waals surface area contributed by atoms with Crippen molar-refractivity contribution in [1.29, 1.82) is 0 Å². The molecule has 1 fully saturated rings. The third kappa shape index (κ3) is 4.97. The van der Waals surface area contributed by atoms with E-state index < -0.39 is 0 Å². The largest absolute Gasteiger partial charge is 0.497 e. The number of nitrogens with one attached hydrogen (secondary N) is 1. The molecule has 0 amide bonds. The quantitative estimate of drug-likeness (QED) is 0.213. The minimum atomic E-state index is -0.169. The fraction of sp³-hybridized carbons (Fsp3) is 0.125. The highest BCUT2D eigenvalue weighted by molar-refractivity contribution is 7.80. The summed E-state index contributed by atoms with van der Waals surface area (Å²) in [6, 6.07) is 33.3. The Morgan fingerprint density at radius 1 is 0.725 bits per heavy atom. The number of nitrogens with zero attached hydrogens (tertiary/aromatic N) is 3. The zero-order valence-corrected chi connectivity index (χ0v) is 22.9. The van der Waals surface area contributed by atoms with Crippen molar-refractivity contribution >= 4 is 23.0 Å². The van der Waals surface area contributed by atoms with E-state index in [1.807, 2.05) is 91.1 Å². The molecule has 1 aliphatic rings. The number of benzene rings is 3. The van der Waals surface area contributed by atoms with Gasteiger partial charge in [0.2, 0.25) is 0 Å². The topological polar surface area (TPSA) is 60.8 Å². The molecule has 0 spiro atoms. The molecule has 3 aromatic carbocycles. The highest BCUT2D eigenvalue weighted by atomic mass is 32.1. The van der Waals surface area contributed by atoms with Gasteiger partial charge in [-0.15, -0.1) is 0 Å². The van der Waals surface area contributed by atoms with Crippen molar-refractivity contribution in [1.82, 2.24) is 14.9 Å². The van der Waals surface area contributed by atoms with Gasteiger partial charge in [-0.2, -0.15) is 0 Å². The number of rotatable bonds is 8. The number of anilines is 1. The second-order valence-corrected chi connectivity index (χ2v) is 9.66. The van der Waals surface area contributed by atoms with Crippen LogP contribution in [0.3, 0.4) is 0 Å². The van der Waals surface area contributed by atoms with E-state index in [9.17, 15) is 0 Å². The smallest absolute Gasteiger partial charge is 0.174 e. The second-order valence-electron chi connectivity index (χ2n) is 9.27. The summed E-state index contributed by atoms with van der Waals surface area (Å²) in [5.74, 6) is 3.04. The molecule has 1 aliphatic heterocycles. The van der Waals surface area contributed by atoms with Crippen LogP contribution in [0.15, 0.2) is 116 Å². The molecule has 6 rings (SSSR count). The van der Waals surface area contributed by atoms with Crippen LogP contribution in [0.5, 0.6) is 23.0 Å². The molecule has 200 valence electrons. The van der Waals surface area contributed by atoms with Crippen LogP contribution in [0.4, 0.5) is 5.69 Å². The fourth-order valence-electron chi connectivity index (χ4n) is 5.02. The Hall–Kier alpha value is -4.82. The summed E-state index contributed by atoms with van der Waals surface area (Å²) in [5.41, 5.74) is 3.92. The van der Waals surface area contributed by atoms with Crippen LogP contribution in [0.1, 0.15) is 23.5 Å². The molecule has 0 aliphatic carbocycles. The van der Waals surface area contributed by atoms with Gasteiger partial charge in [0.05, 0.1) is 26.0 Å². The van der Waals surface area contributed by atoms with Crippen LogP contribution in [0, 0.1) is 0 Å². The second kappa shape index (κ2) is 11.1. The maximum atomic E-state index is 6.06. The lowest BCUT2D eigenvalue weighted by atomic mass is 10.0. The monoisotopic (exact) mass is 548 g/mol. The van der Waals surface area contributed by atoms with E-state index in [2.05, 4.69) is 44.2 Å². The molecular weight excluding hydrogens is 520 g/mol. The molecule has 0 bridgehead atoms. The number of pyridine rings is 1. The molecule has 0 unspecified atom stereocenters. The van der Waals surface area contributed by atoms with E-state index in [0.29, 0.717) is 5.11 Å². The SMILES string of the molecule is COc1ccc(Oc2ccc(N3C(=S)N[C@H](c4ccccn4)[C@H]3c3cccn3-c3cccc(OC)c3)cc2)cc1. The summed E-state index contributed by atoms with van der Waals surface area (Å²) in [5, 5.41) is 4.16. The van der Waals surface area contributed by atoms with Gasteiger partial charge in [0.1, 0.15) is 29.0 Å². The van der Waals surface area contributed by atoms with Crippen molar-refractivity contribution in [3.63, 3.8) is 0 Å². The molecule has 2 atom stereocenters. The Kier molecular flexibility index (Phi) is 7.08. The lowest BCUT2D eigenvalue weighted by Crippen LogP contribution is -2.30. The Bertz CT molecular complexity index is 1600. The molecule has 5 aromatic rings. The van der Waals surface area contributed by atoms with Crippen LogP contribution < -0.4 is 24.4 Å². The highest BCUT2D eigenvalue weighted by Crippen LogP contribution is 2.43. The van der Waals surface area contributed by atoms with Crippen molar-refractivity contribution in [2.24, 2.45) is 0 Å². The van der Waals surface area contributed by atoms with Crippen LogP contribution in [-0.2, 0) is 0 Å². The van der Waals surface area contributed by atoms with E-state index in [1.165, 1.54) is 0 Å². The first-order valence-corrected chi connectivity index (χ1v) is 13.3. The molecule has 0 radical (unpaired) electrons. The van der Waals surface area contributed by atoms with Crippen molar-refractivity contribution in [3.8, 4) is 28.7 Å². The molecule has 40 heavy (non-hydrogen) atoms. The van der Waals surface area contributed by atoms with E-state index in [-0.39, 0.29) is 12.1 Å². The van der Waals surface area contributed by atoms with Crippen molar-refractivity contribution < 1.29 is 14.2 Å². The predicted molar refractivity (Wildman–Crippen MR) is 160 cm³/mol. The van der Waals surface area contributed by atoms with Crippen LogP contribution in [-0.4, -0.2) is 28.9 Å².